The monoisotopic (exact) mass is 261 g/mol. The highest BCUT2D eigenvalue weighted by Crippen LogP contribution is 2.39. The summed E-state index contributed by atoms with van der Waals surface area (Å²) in [6.45, 7) is 6.76. The lowest BCUT2D eigenvalue weighted by Gasteiger charge is -2.40. The smallest absolute Gasteiger partial charge is 0.0499 e. The molecule has 106 valence electrons. The third kappa shape index (κ3) is 3.80. The van der Waals surface area contributed by atoms with Gasteiger partial charge in [-0.15, -0.1) is 0 Å². The molecule has 0 bridgehead atoms. The predicted molar refractivity (Wildman–Crippen MR) is 80.5 cm³/mol. The molecule has 19 heavy (non-hydrogen) atoms. The standard InChI is InChI=1S/C17H27NO/c1-14(2)16-6-4-15(5-7-16)8-11-18-12-17(13-19)9-3-10-17/h4-7,14,18-19H,3,8-13H2,1-2H3. The molecule has 0 unspecified atom stereocenters. The third-order valence-corrected chi connectivity index (χ3v) is 4.49. The number of aliphatic hydroxyl groups excluding tert-OH is 1. The molecule has 2 rings (SSSR count). The molecule has 0 radical (unpaired) electrons. The van der Waals surface area contributed by atoms with Crippen molar-refractivity contribution in [3.8, 4) is 0 Å². The van der Waals surface area contributed by atoms with Gasteiger partial charge in [-0.25, -0.2) is 0 Å². The van der Waals surface area contributed by atoms with E-state index < -0.39 is 0 Å². The topological polar surface area (TPSA) is 32.3 Å². The van der Waals surface area contributed by atoms with Gasteiger partial charge < -0.3 is 10.4 Å². The first-order valence-corrected chi connectivity index (χ1v) is 7.56. The highest BCUT2D eigenvalue weighted by molar-refractivity contribution is 5.24. The van der Waals surface area contributed by atoms with Crippen molar-refractivity contribution < 1.29 is 5.11 Å². The fourth-order valence-corrected chi connectivity index (χ4v) is 2.72. The summed E-state index contributed by atoms with van der Waals surface area (Å²) in [6.07, 6.45) is 4.71. The zero-order valence-corrected chi connectivity index (χ0v) is 12.3. The van der Waals surface area contributed by atoms with E-state index >= 15 is 0 Å². The van der Waals surface area contributed by atoms with E-state index in [4.69, 9.17) is 0 Å². The Bertz CT molecular complexity index is 373. The van der Waals surface area contributed by atoms with Gasteiger partial charge in [-0.05, 0) is 42.9 Å². The van der Waals surface area contributed by atoms with E-state index in [2.05, 4.69) is 43.4 Å². The van der Waals surface area contributed by atoms with Gasteiger partial charge in [0.05, 0.1) is 0 Å². The summed E-state index contributed by atoms with van der Waals surface area (Å²) in [6, 6.07) is 8.95. The molecule has 0 amide bonds. The lowest BCUT2D eigenvalue weighted by Crippen LogP contribution is -2.43. The predicted octanol–water partition coefficient (Wildman–Crippen LogP) is 3.10. The van der Waals surface area contributed by atoms with Gasteiger partial charge in [0.2, 0.25) is 0 Å². The Kier molecular flexibility index (Phi) is 5.00. The molecule has 1 saturated carbocycles. The van der Waals surface area contributed by atoms with E-state index in [1.54, 1.807) is 0 Å². The highest BCUT2D eigenvalue weighted by atomic mass is 16.3. The Labute approximate surface area is 117 Å². The van der Waals surface area contributed by atoms with E-state index in [-0.39, 0.29) is 5.41 Å². The second-order valence-corrected chi connectivity index (χ2v) is 6.33. The van der Waals surface area contributed by atoms with Gasteiger partial charge in [0.25, 0.3) is 0 Å². The maximum Gasteiger partial charge on any atom is 0.0499 e. The van der Waals surface area contributed by atoms with Crippen LogP contribution in [0, 0.1) is 5.41 Å². The van der Waals surface area contributed by atoms with Crippen LogP contribution < -0.4 is 5.32 Å². The van der Waals surface area contributed by atoms with Crippen LogP contribution in [-0.2, 0) is 6.42 Å². The Morgan fingerprint density at radius 1 is 1.21 bits per heavy atom. The molecule has 2 heteroatoms. The molecule has 0 saturated heterocycles. The van der Waals surface area contributed by atoms with Crippen LogP contribution in [0.4, 0.5) is 0 Å². The molecule has 0 heterocycles. The minimum Gasteiger partial charge on any atom is -0.396 e. The van der Waals surface area contributed by atoms with Crippen molar-refractivity contribution in [3.05, 3.63) is 35.4 Å². The molecular weight excluding hydrogens is 234 g/mol. The van der Waals surface area contributed by atoms with Crippen molar-refractivity contribution in [2.24, 2.45) is 5.41 Å². The van der Waals surface area contributed by atoms with Gasteiger partial charge in [0, 0.05) is 18.6 Å². The van der Waals surface area contributed by atoms with Crippen LogP contribution >= 0.6 is 0 Å². The fraction of sp³-hybridized carbons (Fsp3) is 0.647. The van der Waals surface area contributed by atoms with Gasteiger partial charge in [-0.2, -0.15) is 0 Å². The molecule has 1 aliphatic rings. The molecule has 1 fully saturated rings. The molecule has 0 aliphatic heterocycles. The van der Waals surface area contributed by atoms with E-state index in [0.717, 1.165) is 19.5 Å². The Hall–Kier alpha value is -0.860. The quantitative estimate of drug-likeness (QED) is 0.739. The first kappa shape index (κ1) is 14.5. The van der Waals surface area contributed by atoms with Crippen LogP contribution in [0.3, 0.4) is 0 Å². The van der Waals surface area contributed by atoms with Crippen molar-refractivity contribution in [2.75, 3.05) is 19.7 Å². The average molecular weight is 261 g/mol. The van der Waals surface area contributed by atoms with Gasteiger partial charge in [-0.3, -0.25) is 0 Å². The zero-order chi connectivity index (χ0) is 13.7. The van der Waals surface area contributed by atoms with E-state index in [9.17, 15) is 5.11 Å². The molecule has 1 aromatic carbocycles. The number of aliphatic hydroxyl groups is 1. The average Bonchev–Trinajstić information content (AvgIpc) is 2.37. The summed E-state index contributed by atoms with van der Waals surface area (Å²) >= 11 is 0. The Balaban J connectivity index is 1.70. The number of benzene rings is 1. The summed E-state index contributed by atoms with van der Waals surface area (Å²) < 4.78 is 0. The molecule has 0 aromatic heterocycles. The van der Waals surface area contributed by atoms with Crippen LogP contribution in [0.25, 0.3) is 0 Å². The van der Waals surface area contributed by atoms with Crippen LogP contribution in [0.5, 0.6) is 0 Å². The third-order valence-electron chi connectivity index (χ3n) is 4.49. The first-order valence-electron chi connectivity index (χ1n) is 7.56. The van der Waals surface area contributed by atoms with Crippen LogP contribution in [0.2, 0.25) is 0 Å². The van der Waals surface area contributed by atoms with Gasteiger partial charge in [-0.1, -0.05) is 44.5 Å². The molecule has 0 spiro atoms. The van der Waals surface area contributed by atoms with Crippen LogP contribution in [0.15, 0.2) is 24.3 Å². The minimum atomic E-state index is 0.196. The fourth-order valence-electron chi connectivity index (χ4n) is 2.72. The van der Waals surface area contributed by atoms with E-state index in [1.165, 1.54) is 30.4 Å². The molecule has 2 N–H and O–H groups in total. The lowest BCUT2D eigenvalue weighted by molar-refractivity contribution is 0.0451. The molecule has 1 aromatic rings. The number of nitrogens with one attached hydrogen (secondary N) is 1. The molecule has 0 atom stereocenters. The SMILES string of the molecule is CC(C)c1ccc(CCNCC2(CO)CCC2)cc1. The summed E-state index contributed by atoms with van der Waals surface area (Å²) in [5, 5.41) is 12.9. The first-order chi connectivity index (χ1) is 9.15. The maximum atomic E-state index is 9.40. The van der Waals surface area contributed by atoms with Gasteiger partial charge in [0.1, 0.15) is 0 Å². The zero-order valence-electron chi connectivity index (χ0n) is 12.3. The summed E-state index contributed by atoms with van der Waals surface area (Å²) in [4.78, 5) is 0. The normalized spacial score (nSPS) is 17.5. The van der Waals surface area contributed by atoms with Crippen molar-refractivity contribution in [1.82, 2.24) is 5.32 Å². The van der Waals surface area contributed by atoms with E-state index in [0.29, 0.717) is 12.5 Å². The van der Waals surface area contributed by atoms with Crippen molar-refractivity contribution >= 4 is 0 Å². The Morgan fingerprint density at radius 2 is 1.89 bits per heavy atom. The van der Waals surface area contributed by atoms with Crippen LogP contribution in [0.1, 0.15) is 50.2 Å². The van der Waals surface area contributed by atoms with Gasteiger partial charge >= 0.3 is 0 Å². The molecule has 1 aliphatic carbocycles. The number of hydrogen-bond donors (Lipinski definition) is 2. The summed E-state index contributed by atoms with van der Waals surface area (Å²) in [5.41, 5.74) is 3.00. The maximum absolute atomic E-state index is 9.40. The van der Waals surface area contributed by atoms with Crippen molar-refractivity contribution in [2.45, 2.75) is 45.4 Å². The van der Waals surface area contributed by atoms with Crippen molar-refractivity contribution in [1.29, 1.82) is 0 Å². The minimum absolute atomic E-state index is 0.196. The highest BCUT2D eigenvalue weighted by Gasteiger charge is 2.35. The second kappa shape index (κ2) is 6.53. The molecule has 2 nitrogen and oxygen atoms in total. The summed E-state index contributed by atoms with van der Waals surface area (Å²) in [5.74, 6) is 0.607. The Morgan fingerprint density at radius 3 is 2.37 bits per heavy atom. The van der Waals surface area contributed by atoms with Crippen molar-refractivity contribution in [3.63, 3.8) is 0 Å². The lowest BCUT2D eigenvalue weighted by atomic mass is 9.69. The summed E-state index contributed by atoms with van der Waals surface area (Å²) in [7, 11) is 0. The van der Waals surface area contributed by atoms with Crippen LogP contribution in [-0.4, -0.2) is 24.8 Å². The second-order valence-electron chi connectivity index (χ2n) is 6.33. The van der Waals surface area contributed by atoms with Gasteiger partial charge in [0.15, 0.2) is 0 Å². The molecular formula is C17H27NO. The number of hydrogen-bond acceptors (Lipinski definition) is 2. The number of rotatable bonds is 7. The largest absolute Gasteiger partial charge is 0.396 e. The van der Waals surface area contributed by atoms with E-state index in [1.807, 2.05) is 0 Å².